The van der Waals surface area contributed by atoms with E-state index in [1.807, 2.05) is 6.92 Å². The third-order valence-electron chi connectivity index (χ3n) is 4.39. The summed E-state index contributed by atoms with van der Waals surface area (Å²) in [5, 5.41) is 10.4. The predicted octanol–water partition coefficient (Wildman–Crippen LogP) is 1.85. The van der Waals surface area contributed by atoms with Crippen molar-refractivity contribution in [3.8, 4) is 0 Å². The summed E-state index contributed by atoms with van der Waals surface area (Å²) in [4.78, 5) is 0. The Morgan fingerprint density at radius 1 is 1.44 bits per heavy atom. The molecule has 18 heavy (non-hydrogen) atoms. The van der Waals surface area contributed by atoms with Crippen LogP contribution in [0.25, 0.3) is 0 Å². The normalized spacial score (nSPS) is 41.5. The Bertz CT molecular complexity index is 438. The fraction of sp³-hybridized carbons (Fsp3) is 0.846. The molecule has 4 atom stereocenters. The number of aliphatic hydroxyl groups is 1. The highest BCUT2D eigenvalue weighted by Gasteiger charge is 2.47. The molecule has 104 valence electrons. The zero-order valence-electron chi connectivity index (χ0n) is 11.1. The number of hydrogen-bond donors (Lipinski definition) is 1. The molecular weight excluding hydrogens is 252 g/mol. The maximum atomic E-state index is 11.2. The van der Waals surface area contributed by atoms with E-state index in [0.29, 0.717) is 18.8 Å². The van der Waals surface area contributed by atoms with Crippen molar-refractivity contribution in [1.29, 1.82) is 0 Å². The molecule has 4 nitrogen and oxygen atoms in total. The Balaban J connectivity index is 2.18. The summed E-state index contributed by atoms with van der Waals surface area (Å²) in [7, 11) is -3.43. The lowest BCUT2D eigenvalue weighted by Crippen LogP contribution is -2.34. The number of fused-ring (bicyclic) bond motifs is 1. The lowest BCUT2D eigenvalue weighted by Gasteiger charge is -2.30. The zero-order valence-corrected chi connectivity index (χ0v) is 11.9. The number of hydrogen-bond acceptors (Lipinski definition) is 4. The van der Waals surface area contributed by atoms with E-state index in [0.717, 1.165) is 31.1 Å². The van der Waals surface area contributed by atoms with Gasteiger partial charge in [-0.2, -0.15) is 8.42 Å². The SMILES string of the molecule is C=C1CCC(OS(C)(=O)=O)C[C@H]2[C@@H]1CC[C@@]2(C)O. The molecule has 0 aromatic heterocycles. The molecule has 1 unspecified atom stereocenters. The summed E-state index contributed by atoms with van der Waals surface area (Å²) in [5.41, 5.74) is 0.411. The van der Waals surface area contributed by atoms with Crippen molar-refractivity contribution in [2.75, 3.05) is 6.26 Å². The van der Waals surface area contributed by atoms with Gasteiger partial charge in [0.15, 0.2) is 0 Å². The van der Waals surface area contributed by atoms with E-state index in [2.05, 4.69) is 6.58 Å². The van der Waals surface area contributed by atoms with Crippen LogP contribution in [0.3, 0.4) is 0 Å². The molecule has 2 aliphatic carbocycles. The molecule has 0 aromatic carbocycles. The van der Waals surface area contributed by atoms with Gasteiger partial charge in [-0.25, -0.2) is 0 Å². The quantitative estimate of drug-likeness (QED) is 0.616. The molecule has 0 amide bonds. The second kappa shape index (κ2) is 4.62. The van der Waals surface area contributed by atoms with Crippen molar-refractivity contribution in [1.82, 2.24) is 0 Å². The largest absolute Gasteiger partial charge is 0.390 e. The van der Waals surface area contributed by atoms with E-state index >= 15 is 0 Å². The predicted molar refractivity (Wildman–Crippen MR) is 69.5 cm³/mol. The number of rotatable bonds is 2. The van der Waals surface area contributed by atoms with Gasteiger partial charge in [0.2, 0.25) is 0 Å². The van der Waals surface area contributed by atoms with Gasteiger partial charge in [0, 0.05) is 0 Å². The lowest BCUT2D eigenvalue weighted by molar-refractivity contribution is -0.00238. The van der Waals surface area contributed by atoms with E-state index in [1.165, 1.54) is 0 Å². The highest BCUT2D eigenvalue weighted by atomic mass is 32.2. The second-order valence-electron chi connectivity index (χ2n) is 5.96. The summed E-state index contributed by atoms with van der Waals surface area (Å²) < 4.78 is 27.6. The Morgan fingerprint density at radius 2 is 2.11 bits per heavy atom. The van der Waals surface area contributed by atoms with Crippen LogP contribution in [0.15, 0.2) is 12.2 Å². The first-order valence-corrected chi connectivity index (χ1v) is 8.29. The summed E-state index contributed by atoms with van der Waals surface area (Å²) >= 11 is 0. The van der Waals surface area contributed by atoms with Crippen molar-refractivity contribution in [2.24, 2.45) is 11.8 Å². The third-order valence-corrected chi connectivity index (χ3v) is 5.01. The first-order chi connectivity index (χ1) is 8.19. The molecule has 0 bridgehead atoms. The first kappa shape index (κ1) is 14.0. The molecule has 0 aromatic rings. The van der Waals surface area contributed by atoms with Crippen LogP contribution in [0.2, 0.25) is 0 Å². The van der Waals surface area contributed by atoms with Crippen LogP contribution in [0.1, 0.15) is 39.0 Å². The van der Waals surface area contributed by atoms with Gasteiger partial charge in [0.25, 0.3) is 10.1 Å². The van der Waals surface area contributed by atoms with Gasteiger partial charge >= 0.3 is 0 Å². The zero-order chi connectivity index (χ0) is 13.6. The van der Waals surface area contributed by atoms with Crippen molar-refractivity contribution < 1.29 is 17.7 Å². The minimum absolute atomic E-state index is 0.0687. The molecule has 0 saturated heterocycles. The minimum atomic E-state index is -3.43. The van der Waals surface area contributed by atoms with E-state index in [9.17, 15) is 13.5 Å². The standard InChI is InChI=1S/C13H22O4S/c1-9-4-5-10(17-18(3,15)16)8-12-11(9)6-7-13(12,2)14/h10-12,14H,1,4-8H2,2-3H3/t10?,11-,12+,13-/m1/s1. The van der Waals surface area contributed by atoms with Gasteiger partial charge in [-0.3, -0.25) is 4.18 Å². The van der Waals surface area contributed by atoms with Crippen LogP contribution in [0.4, 0.5) is 0 Å². The summed E-state index contributed by atoms with van der Waals surface area (Å²) in [6, 6.07) is 0. The van der Waals surface area contributed by atoms with Crippen molar-refractivity contribution in [3.63, 3.8) is 0 Å². The van der Waals surface area contributed by atoms with Gasteiger partial charge in [-0.1, -0.05) is 12.2 Å². The summed E-state index contributed by atoms with van der Waals surface area (Å²) in [6.45, 7) is 5.94. The van der Waals surface area contributed by atoms with Crippen LogP contribution in [0, 0.1) is 11.8 Å². The first-order valence-electron chi connectivity index (χ1n) is 6.47. The van der Waals surface area contributed by atoms with Crippen LogP contribution in [-0.2, 0) is 14.3 Å². The molecule has 0 heterocycles. The maximum Gasteiger partial charge on any atom is 0.264 e. The van der Waals surface area contributed by atoms with Crippen molar-refractivity contribution in [2.45, 2.75) is 50.7 Å². The van der Waals surface area contributed by atoms with E-state index in [-0.39, 0.29) is 12.0 Å². The summed E-state index contributed by atoms with van der Waals surface area (Å²) in [5.74, 6) is 0.382. The van der Waals surface area contributed by atoms with Crippen LogP contribution < -0.4 is 0 Å². The van der Waals surface area contributed by atoms with Crippen LogP contribution in [-0.4, -0.2) is 31.5 Å². The second-order valence-corrected chi connectivity index (χ2v) is 7.56. The Morgan fingerprint density at radius 3 is 2.72 bits per heavy atom. The molecule has 2 saturated carbocycles. The minimum Gasteiger partial charge on any atom is -0.390 e. The van der Waals surface area contributed by atoms with Crippen LogP contribution >= 0.6 is 0 Å². The molecule has 2 aliphatic rings. The third kappa shape index (κ3) is 2.95. The van der Waals surface area contributed by atoms with E-state index in [1.54, 1.807) is 0 Å². The molecular formula is C13H22O4S. The molecule has 2 rings (SSSR count). The Kier molecular flexibility index (Phi) is 3.60. The molecule has 5 heteroatoms. The highest BCUT2D eigenvalue weighted by molar-refractivity contribution is 7.86. The average molecular weight is 274 g/mol. The van der Waals surface area contributed by atoms with Crippen molar-refractivity contribution in [3.05, 3.63) is 12.2 Å². The topological polar surface area (TPSA) is 63.6 Å². The number of allylic oxidation sites excluding steroid dienone is 1. The Labute approximate surface area is 109 Å². The molecule has 0 radical (unpaired) electrons. The van der Waals surface area contributed by atoms with Crippen LogP contribution in [0.5, 0.6) is 0 Å². The fourth-order valence-corrected chi connectivity index (χ4v) is 4.11. The fourth-order valence-electron chi connectivity index (χ4n) is 3.44. The van der Waals surface area contributed by atoms with Gasteiger partial charge < -0.3 is 5.11 Å². The lowest BCUT2D eigenvalue weighted by atomic mass is 9.82. The van der Waals surface area contributed by atoms with Gasteiger partial charge in [-0.15, -0.1) is 0 Å². The van der Waals surface area contributed by atoms with E-state index in [4.69, 9.17) is 4.18 Å². The molecule has 0 aliphatic heterocycles. The maximum absolute atomic E-state index is 11.2. The smallest absolute Gasteiger partial charge is 0.264 e. The monoisotopic (exact) mass is 274 g/mol. The highest BCUT2D eigenvalue weighted by Crippen LogP contribution is 2.49. The average Bonchev–Trinajstić information content (AvgIpc) is 2.39. The van der Waals surface area contributed by atoms with Crippen molar-refractivity contribution >= 4 is 10.1 Å². The van der Waals surface area contributed by atoms with Gasteiger partial charge in [-0.05, 0) is 50.9 Å². The molecule has 2 fully saturated rings. The Hall–Kier alpha value is -0.390. The van der Waals surface area contributed by atoms with Gasteiger partial charge in [0.1, 0.15) is 0 Å². The van der Waals surface area contributed by atoms with Gasteiger partial charge in [0.05, 0.1) is 18.0 Å². The molecule has 1 N–H and O–H groups in total. The van der Waals surface area contributed by atoms with E-state index < -0.39 is 15.7 Å². The summed E-state index contributed by atoms with van der Waals surface area (Å²) in [6.07, 6.45) is 4.53. The molecule has 0 spiro atoms.